The number of rotatable bonds is 4. The van der Waals surface area contributed by atoms with Gasteiger partial charge in [0.05, 0.1) is 16.6 Å². The summed E-state index contributed by atoms with van der Waals surface area (Å²) >= 11 is 0. The van der Waals surface area contributed by atoms with Crippen LogP contribution in [0.25, 0.3) is 0 Å². The van der Waals surface area contributed by atoms with Crippen LogP contribution in [0.2, 0.25) is 0 Å². The van der Waals surface area contributed by atoms with E-state index in [1.807, 2.05) is 0 Å². The molecule has 2 N–H and O–H groups in total. The van der Waals surface area contributed by atoms with Crippen molar-refractivity contribution in [3.05, 3.63) is 39.4 Å². The number of aryl methyl sites for hydroxylation is 1. The third-order valence-corrected chi connectivity index (χ3v) is 3.15. The molecule has 1 atom stereocenters. The highest BCUT2D eigenvalue weighted by molar-refractivity contribution is 5.99. The molecule has 0 aliphatic carbocycles. The zero-order valence-corrected chi connectivity index (χ0v) is 11.4. The van der Waals surface area contributed by atoms with Crippen molar-refractivity contribution in [1.29, 1.82) is 0 Å². The van der Waals surface area contributed by atoms with Crippen LogP contribution < -0.4 is 5.32 Å². The van der Waals surface area contributed by atoms with E-state index < -0.39 is 22.5 Å². The molecule has 0 fully saturated rings. The molecule has 6 heteroatoms. The minimum Gasteiger partial charge on any atom is -0.391 e. The Morgan fingerprint density at radius 2 is 2.05 bits per heavy atom. The zero-order valence-electron chi connectivity index (χ0n) is 11.4. The maximum absolute atomic E-state index is 12.1. The monoisotopic (exact) mass is 266 g/mol. The van der Waals surface area contributed by atoms with Gasteiger partial charge in [-0.1, -0.05) is 12.1 Å². The second kappa shape index (κ2) is 5.36. The Kier molecular flexibility index (Phi) is 4.26. The number of nitrogens with one attached hydrogen (secondary N) is 1. The van der Waals surface area contributed by atoms with Gasteiger partial charge in [0.25, 0.3) is 11.6 Å². The number of para-hydroxylation sites is 1. The number of amides is 1. The summed E-state index contributed by atoms with van der Waals surface area (Å²) in [5, 5.41) is 23.2. The first kappa shape index (κ1) is 15.1. The summed E-state index contributed by atoms with van der Waals surface area (Å²) in [5.41, 5.74) is -0.651. The van der Waals surface area contributed by atoms with E-state index in [0.29, 0.717) is 5.56 Å². The summed E-state index contributed by atoms with van der Waals surface area (Å²) in [7, 11) is 0. The largest absolute Gasteiger partial charge is 0.391 e. The molecule has 104 valence electrons. The first-order valence-corrected chi connectivity index (χ1v) is 5.91. The summed E-state index contributed by atoms with van der Waals surface area (Å²) in [6.07, 6.45) is -0.777. The Morgan fingerprint density at radius 1 is 1.47 bits per heavy atom. The standard InChI is InChI=1S/C13H18N2O4/c1-8-6-5-7-10(11(8)15(18)19)12(17)14-13(3,4)9(2)16/h5-7,9,16H,1-4H3,(H,14,17). The van der Waals surface area contributed by atoms with Gasteiger partial charge in [0, 0.05) is 5.56 Å². The van der Waals surface area contributed by atoms with E-state index in [1.54, 1.807) is 39.8 Å². The van der Waals surface area contributed by atoms with Gasteiger partial charge in [-0.25, -0.2) is 0 Å². The number of nitro groups is 1. The van der Waals surface area contributed by atoms with Crippen LogP contribution in [0.5, 0.6) is 0 Å². The lowest BCUT2D eigenvalue weighted by Gasteiger charge is -2.29. The zero-order chi connectivity index (χ0) is 14.8. The Labute approximate surface area is 111 Å². The number of nitrogens with zero attached hydrogens (tertiary/aromatic N) is 1. The SMILES string of the molecule is Cc1cccc(C(=O)NC(C)(C)C(C)O)c1[N+](=O)[O-]. The Hall–Kier alpha value is -1.95. The quantitative estimate of drug-likeness (QED) is 0.642. The number of benzene rings is 1. The molecule has 0 aromatic heterocycles. The molecule has 1 rings (SSSR count). The van der Waals surface area contributed by atoms with Gasteiger partial charge in [-0.3, -0.25) is 14.9 Å². The molecule has 0 saturated carbocycles. The van der Waals surface area contributed by atoms with E-state index in [1.165, 1.54) is 6.07 Å². The van der Waals surface area contributed by atoms with E-state index in [4.69, 9.17) is 0 Å². The fourth-order valence-corrected chi connectivity index (χ4v) is 1.55. The molecule has 0 radical (unpaired) electrons. The van der Waals surface area contributed by atoms with Gasteiger partial charge >= 0.3 is 0 Å². The summed E-state index contributed by atoms with van der Waals surface area (Å²) in [6.45, 7) is 6.42. The summed E-state index contributed by atoms with van der Waals surface area (Å²) in [6, 6.07) is 4.57. The van der Waals surface area contributed by atoms with Crippen LogP contribution in [0.4, 0.5) is 5.69 Å². The number of hydrogen-bond acceptors (Lipinski definition) is 4. The van der Waals surface area contributed by atoms with Gasteiger partial charge < -0.3 is 10.4 Å². The second-order valence-corrected chi connectivity index (χ2v) is 5.08. The second-order valence-electron chi connectivity index (χ2n) is 5.08. The van der Waals surface area contributed by atoms with Crippen LogP contribution in [0.3, 0.4) is 0 Å². The molecule has 1 amide bonds. The minimum atomic E-state index is -0.866. The molecule has 0 saturated heterocycles. The molecular formula is C13H18N2O4. The topological polar surface area (TPSA) is 92.5 Å². The molecule has 0 aliphatic heterocycles. The summed E-state index contributed by atoms with van der Waals surface area (Å²) in [4.78, 5) is 22.6. The molecule has 0 aliphatic rings. The van der Waals surface area contributed by atoms with E-state index in [9.17, 15) is 20.0 Å². The molecule has 1 aromatic carbocycles. The van der Waals surface area contributed by atoms with Crippen LogP contribution in [-0.4, -0.2) is 27.6 Å². The average Bonchev–Trinajstić information content (AvgIpc) is 2.27. The van der Waals surface area contributed by atoms with E-state index in [-0.39, 0.29) is 11.3 Å². The highest BCUT2D eigenvalue weighted by atomic mass is 16.6. The predicted octanol–water partition coefficient (Wildman–Crippen LogP) is 1.79. The lowest BCUT2D eigenvalue weighted by atomic mass is 9.97. The van der Waals surface area contributed by atoms with E-state index >= 15 is 0 Å². The first-order valence-electron chi connectivity index (χ1n) is 5.91. The molecule has 1 unspecified atom stereocenters. The molecular weight excluding hydrogens is 248 g/mol. The lowest BCUT2D eigenvalue weighted by Crippen LogP contribution is -2.51. The van der Waals surface area contributed by atoms with E-state index in [0.717, 1.165) is 0 Å². The van der Waals surface area contributed by atoms with Gasteiger partial charge in [0.2, 0.25) is 0 Å². The number of carbonyl (C=O) groups is 1. The van der Waals surface area contributed by atoms with Crippen molar-refractivity contribution in [2.24, 2.45) is 0 Å². The van der Waals surface area contributed by atoms with Crippen molar-refractivity contribution in [3.8, 4) is 0 Å². The third-order valence-electron chi connectivity index (χ3n) is 3.15. The van der Waals surface area contributed by atoms with Crippen LogP contribution in [-0.2, 0) is 0 Å². The Bertz CT molecular complexity index is 509. The third kappa shape index (κ3) is 3.29. The molecule has 6 nitrogen and oxygen atoms in total. The van der Waals surface area contributed by atoms with Crippen molar-refractivity contribution in [2.45, 2.75) is 39.3 Å². The molecule has 0 heterocycles. The summed E-state index contributed by atoms with van der Waals surface area (Å²) in [5.74, 6) is -0.568. The Balaban J connectivity index is 3.15. The first-order chi connectivity index (χ1) is 8.66. The molecule has 19 heavy (non-hydrogen) atoms. The number of aliphatic hydroxyl groups excluding tert-OH is 1. The highest BCUT2D eigenvalue weighted by Crippen LogP contribution is 2.23. The summed E-state index contributed by atoms with van der Waals surface area (Å²) < 4.78 is 0. The normalized spacial score (nSPS) is 12.9. The minimum absolute atomic E-state index is 0.00118. The van der Waals surface area contributed by atoms with Gasteiger partial charge in [0.1, 0.15) is 5.56 Å². The highest BCUT2D eigenvalue weighted by Gasteiger charge is 2.30. The van der Waals surface area contributed by atoms with Crippen LogP contribution in [0.15, 0.2) is 18.2 Å². The molecule has 0 spiro atoms. The van der Waals surface area contributed by atoms with Crippen molar-refractivity contribution in [1.82, 2.24) is 5.32 Å². The predicted molar refractivity (Wildman–Crippen MR) is 71.1 cm³/mol. The van der Waals surface area contributed by atoms with E-state index in [2.05, 4.69) is 5.32 Å². The van der Waals surface area contributed by atoms with Gasteiger partial charge in [-0.05, 0) is 33.8 Å². The van der Waals surface area contributed by atoms with Crippen LogP contribution in [0, 0.1) is 17.0 Å². The molecule has 0 bridgehead atoms. The average molecular weight is 266 g/mol. The van der Waals surface area contributed by atoms with Crippen LogP contribution in [0.1, 0.15) is 36.7 Å². The number of aliphatic hydroxyl groups is 1. The maximum atomic E-state index is 12.1. The fourth-order valence-electron chi connectivity index (χ4n) is 1.55. The van der Waals surface area contributed by atoms with Crippen molar-refractivity contribution >= 4 is 11.6 Å². The van der Waals surface area contributed by atoms with Crippen LogP contribution >= 0.6 is 0 Å². The number of carbonyl (C=O) groups excluding carboxylic acids is 1. The Morgan fingerprint density at radius 3 is 2.53 bits per heavy atom. The van der Waals surface area contributed by atoms with Gasteiger partial charge in [0.15, 0.2) is 0 Å². The number of nitro benzene ring substituents is 1. The maximum Gasteiger partial charge on any atom is 0.285 e. The fraction of sp³-hybridized carbons (Fsp3) is 0.462. The van der Waals surface area contributed by atoms with Crippen molar-refractivity contribution < 1.29 is 14.8 Å². The van der Waals surface area contributed by atoms with Crippen molar-refractivity contribution in [3.63, 3.8) is 0 Å². The van der Waals surface area contributed by atoms with Gasteiger partial charge in [-0.15, -0.1) is 0 Å². The smallest absolute Gasteiger partial charge is 0.285 e. The van der Waals surface area contributed by atoms with Crippen molar-refractivity contribution in [2.75, 3.05) is 0 Å². The lowest BCUT2D eigenvalue weighted by molar-refractivity contribution is -0.385. The van der Waals surface area contributed by atoms with Gasteiger partial charge in [-0.2, -0.15) is 0 Å². The number of hydrogen-bond donors (Lipinski definition) is 2. The molecule has 1 aromatic rings.